The van der Waals surface area contributed by atoms with Crippen LogP contribution in [-0.4, -0.2) is 28.2 Å². The molecule has 1 aliphatic heterocycles. The fourth-order valence-corrected chi connectivity index (χ4v) is 2.90. The summed E-state index contributed by atoms with van der Waals surface area (Å²) in [6, 6.07) is 0. The Bertz CT molecular complexity index is 399. The predicted octanol–water partition coefficient (Wildman–Crippen LogP) is 1.31. The maximum atomic E-state index is 10.0. The van der Waals surface area contributed by atoms with Crippen LogP contribution in [0, 0.1) is 0 Å². The Morgan fingerprint density at radius 3 is 2.94 bits per heavy atom. The molecule has 0 bridgehead atoms. The molecule has 0 amide bonds. The molecule has 1 N–H and O–H groups in total. The van der Waals surface area contributed by atoms with Crippen molar-refractivity contribution >= 4 is 5.82 Å². The zero-order chi connectivity index (χ0) is 11.1. The molecule has 0 saturated carbocycles. The molecule has 4 heteroatoms. The number of rotatable bonds is 0. The monoisotopic (exact) mass is 221 g/mol. The van der Waals surface area contributed by atoms with Crippen molar-refractivity contribution in [1.29, 1.82) is 0 Å². The number of aliphatic hydroxyl groups is 1. The molecule has 16 heavy (non-hydrogen) atoms. The van der Waals surface area contributed by atoms with Gasteiger partial charge in [0.2, 0.25) is 0 Å². The third-order valence-corrected chi connectivity index (χ3v) is 3.81. The average molecular weight is 221 g/mol. The van der Waals surface area contributed by atoms with E-state index in [9.17, 15) is 5.11 Å². The third kappa shape index (κ3) is 1.44. The van der Waals surface area contributed by atoms with Crippen LogP contribution in [0.1, 0.15) is 36.9 Å². The number of aliphatic hydroxyl groups excluding tert-OH is 1. The van der Waals surface area contributed by atoms with Crippen LogP contribution in [0.2, 0.25) is 0 Å². The molecule has 0 spiro atoms. The molecule has 0 saturated heterocycles. The molecule has 0 aromatic carbocycles. The first kappa shape index (κ1) is 10.1. The Kier molecular flexibility index (Phi) is 2.39. The van der Waals surface area contributed by atoms with E-state index in [0.717, 1.165) is 32.2 Å². The van der Waals surface area contributed by atoms with Gasteiger partial charge in [-0.05, 0) is 38.5 Å². The van der Waals surface area contributed by atoms with Crippen LogP contribution >= 0.6 is 0 Å². The van der Waals surface area contributed by atoms with Crippen LogP contribution < -0.4 is 4.90 Å². The number of hydrogen-bond acceptors (Lipinski definition) is 3. The SMILES string of the molecule is CN1c2c3c(nn2CCCC1O)CCCC3. The summed E-state index contributed by atoms with van der Waals surface area (Å²) in [5.41, 5.74) is 2.65. The highest BCUT2D eigenvalue weighted by molar-refractivity contribution is 5.51. The molecule has 4 nitrogen and oxygen atoms in total. The normalized spacial score (nSPS) is 24.9. The first-order valence-electron chi connectivity index (χ1n) is 6.27. The van der Waals surface area contributed by atoms with Gasteiger partial charge < -0.3 is 10.0 Å². The van der Waals surface area contributed by atoms with Crippen LogP contribution in [0.3, 0.4) is 0 Å². The van der Waals surface area contributed by atoms with Crippen LogP contribution in [0.4, 0.5) is 5.82 Å². The van der Waals surface area contributed by atoms with E-state index in [0.29, 0.717) is 0 Å². The van der Waals surface area contributed by atoms with E-state index < -0.39 is 0 Å². The lowest BCUT2D eigenvalue weighted by Crippen LogP contribution is -2.31. The first-order chi connectivity index (χ1) is 7.77. The second-order valence-corrected chi connectivity index (χ2v) is 4.91. The van der Waals surface area contributed by atoms with Crippen molar-refractivity contribution in [2.75, 3.05) is 11.9 Å². The van der Waals surface area contributed by atoms with Crippen LogP contribution in [0.5, 0.6) is 0 Å². The molecular formula is C12H19N3O. The number of nitrogens with zero attached hydrogens (tertiary/aromatic N) is 3. The largest absolute Gasteiger partial charge is 0.374 e. The van der Waals surface area contributed by atoms with Crippen molar-refractivity contribution < 1.29 is 5.11 Å². The molecule has 0 fully saturated rings. The van der Waals surface area contributed by atoms with Gasteiger partial charge in [0.1, 0.15) is 12.0 Å². The lowest BCUT2D eigenvalue weighted by Gasteiger charge is -2.25. The Morgan fingerprint density at radius 1 is 1.25 bits per heavy atom. The molecule has 2 aliphatic rings. The van der Waals surface area contributed by atoms with E-state index in [1.165, 1.54) is 29.9 Å². The second-order valence-electron chi connectivity index (χ2n) is 4.91. The summed E-state index contributed by atoms with van der Waals surface area (Å²) in [7, 11) is 1.98. The van der Waals surface area contributed by atoms with Crippen LogP contribution in [0.25, 0.3) is 0 Å². The summed E-state index contributed by atoms with van der Waals surface area (Å²) >= 11 is 0. The Morgan fingerprint density at radius 2 is 2.06 bits per heavy atom. The van der Waals surface area contributed by atoms with Gasteiger partial charge in [-0.2, -0.15) is 5.10 Å². The Balaban J connectivity index is 2.08. The highest BCUT2D eigenvalue weighted by Gasteiger charge is 2.27. The minimum Gasteiger partial charge on any atom is -0.374 e. The molecular weight excluding hydrogens is 202 g/mol. The van der Waals surface area contributed by atoms with Gasteiger partial charge in [-0.3, -0.25) is 0 Å². The summed E-state index contributed by atoms with van der Waals surface area (Å²) in [5.74, 6) is 1.17. The zero-order valence-electron chi connectivity index (χ0n) is 9.82. The number of fused-ring (bicyclic) bond motifs is 3. The van der Waals surface area contributed by atoms with E-state index >= 15 is 0 Å². The molecule has 0 radical (unpaired) electrons. The summed E-state index contributed by atoms with van der Waals surface area (Å²) in [6.45, 7) is 0.948. The number of aromatic nitrogens is 2. The highest BCUT2D eigenvalue weighted by Crippen LogP contribution is 2.32. The van der Waals surface area contributed by atoms with E-state index in [2.05, 4.69) is 4.68 Å². The number of anilines is 1. The van der Waals surface area contributed by atoms with Gasteiger partial charge in [-0.1, -0.05) is 0 Å². The van der Waals surface area contributed by atoms with Gasteiger partial charge in [0.15, 0.2) is 0 Å². The standard InChI is InChI=1S/C12H19N3O/c1-14-11(16)7-4-8-15-12(14)9-5-2-3-6-10(9)13-15/h11,16H,2-8H2,1H3. The van der Waals surface area contributed by atoms with Crippen molar-refractivity contribution in [1.82, 2.24) is 9.78 Å². The summed E-state index contributed by atoms with van der Waals surface area (Å²) in [5, 5.41) is 14.7. The van der Waals surface area contributed by atoms with Gasteiger partial charge in [0.05, 0.1) is 5.69 Å². The molecule has 1 aromatic rings. The summed E-state index contributed by atoms with van der Waals surface area (Å²) in [6.07, 6.45) is 6.27. The summed E-state index contributed by atoms with van der Waals surface area (Å²) < 4.78 is 2.10. The minimum atomic E-state index is -0.344. The summed E-state index contributed by atoms with van der Waals surface area (Å²) in [4.78, 5) is 2.00. The Hall–Kier alpha value is -1.03. The lowest BCUT2D eigenvalue weighted by molar-refractivity contribution is 0.164. The van der Waals surface area contributed by atoms with E-state index in [-0.39, 0.29) is 6.23 Å². The maximum absolute atomic E-state index is 10.0. The van der Waals surface area contributed by atoms with Crippen LogP contribution in [0.15, 0.2) is 0 Å². The molecule has 1 aromatic heterocycles. The van der Waals surface area contributed by atoms with Gasteiger partial charge in [0.25, 0.3) is 0 Å². The smallest absolute Gasteiger partial charge is 0.132 e. The van der Waals surface area contributed by atoms with E-state index in [4.69, 9.17) is 5.10 Å². The number of hydrogen-bond donors (Lipinski definition) is 1. The molecule has 1 aliphatic carbocycles. The highest BCUT2D eigenvalue weighted by atomic mass is 16.3. The van der Waals surface area contributed by atoms with E-state index in [1.54, 1.807) is 0 Å². The number of aryl methyl sites for hydroxylation is 2. The molecule has 88 valence electrons. The zero-order valence-corrected chi connectivity index (χ0v) is 9.82. The second kappa shape index (κ2) is 3.77. The Labute approximate surface area is 95.9 Å². The van der Waals surface area contributed by atoms with Crippen LogP contribution in [-0.2, 0) is 19.4 Å². The maximum Gasteiger partial charge on any atom is 0.132 e. The minimum absolute atomic E-state index is 0.344. The van der Waals surface area contributed by atoms with Crippen molar-refractivity contribution in [2.24, 2.45) is 0 Å². The van der Waals surface area contributed by atoms with Crippen molar-refractivity contribution in [3.63, 3.8) is 0 Å². The fourth-order valence-electron chi connectivity index (χ4n) is 2.90. The topological polar surface area (TPSA) is 41.3 Å². The third-order valence-electron chi connectivity index (χ3n) is 3.81. The average Bonchev–Trinajstić information content (AvgIpc) is 2.59. The van der Waals surface area contributed by atoms with Gasteiger partial charge in [-0.25, -0.2) is 4.68 Å². The predicted molar refractivity (Wildman–Crippen MR) is 62.5 cm³/mol. The van der Waals surface area contributed by atoms with Crippen molar-refractivity contribution in [3.8, 4) is 0 Å². The molecule has 1 unspecified atom stereocenters. The lowest BCUT2D eigenvalue weighted by atomic mass is 9.97. The molecule has 1 atom stereocenters. The van der Waals surface area contributed by atoms with E-state index in [1.807, 2.05) is 11.9 Å². The van der Waals surface area contributed by atoms with Crippen molar-refractivity contribution in [3.05, 3.63) is 11.3 Å². The quantitative estimate of drug-likeness (QED) is 0.718. The van der Waals surface area contributed by atoms with Gasteiger partial charge >= 0.3 is 0 Å². The first-order valence-corrected chi connectivity index (χ1v) is 6.27. The van der Waals surface area contributed by atoms with Crippen molar-refractivity contribution in [2.45, 2.75) is 51.3 Å². The van der Waals surface area contributed by atoms with Gasteiger partial charge in [-0.15, -0.1) is 0 Å². The molecule has 2 heterocycles. The molecule has 3 rings (SSSR count). The fraction of sp³-hybridized carbons (Fsp3) is 0.750. The van der Waals surface area contributed by atoms with Gasteiger partial charge in [0, 0.05) is 19.2 Å².